The molecule has 0 fully saturated rings. The number of aryl methyl sites for hydroxylation is 1. The number of aromatic nitrogens is 1. The minimum atomic E-state index is -0.402. The Morgan fingerprint density at radius 1 is 1.06 bits per heavy atom. The molecule has 0 unspecified atom stereocenters. The molecule has 6 heteroatoms. The lowest BCUT2D eigenvalue weighted by atomic mass is 9.99. The van der Waals surface area contributed by atoms with Gasteiger partial charge in [-0.2, -0.15) is 5.26 Å². The van der Waals surface area contributed by atoms with E-state index in [-0.39, 0.29) is 5.82 Å². The minimum absolute atomic E-state index is 0.219. The Bertz CT molecular complexity index is 1380. The molecule has 4 aromatic rings. The second kappa shape index (κ2) is 9.80. The summed E-state index contributed by atoms with van der Waals surface area (Å²) in [7, 11) is 0. The van der Waals surface area contributed by atoms with E-state index in [0.29, 0.717) is 36.5 Å². The van der Waals surface area contributed by atoms with Gasteiger partial charge in [0.25, 0.3) is 0 Å². The normalized spacial score (nSPS) is 10.8. The average Bonchev–Trinajstić information content (AvgIpc) is 3.25. The van der Waals surface area contributed by atoms with Gasteiger partial charge in [-0.3, -0.25) is 0 Å². The van der Waals surface area contributed by atoms with Crippen LogP contribution < -0.4 is 4.74 Å². The predicted octanol–water partition coefficient (Wildman–Crippen LogP) is 6.52. The summed E-state index contributed by atoms with van der Waals surface area (Å²) in [4.78, 5) is 14.3. The fourth-order valence-electron chi connectivity index (χ4n) is 4.13. The highest BCUT2D eigenvalue weighted by Gasteiger charge is 2.19. The third kappa shape index (κ3) is 4.51. The number of amides is 1. The first-order chi connectivity index (χ1) is 16.4. The molecule has 1 amide bonds. The highest BCUT2D eigenvalue weighted by molar-refractivity contribution is 5.99. The molecular formula is C28H26FN3O2. The third-order valence-electron chi connectivity index (χ3n) is 6.01. The van der Waals surface area contributed by atoms with Crippen molar-refractivity contribution in [3.8, 4) is 22.9 Å². The van der Waals surface area contributed by atoms with Crippen molar-refractivity contribution in [1.82, 2.24) is 9.47 Å². The van der Waals surface area contributed by atoms with Crippen LogP contribution in [0.4, 0.5) is 9.18 Å². The number of nitriles is 1. The standard InChI is InChI=1S/C28H26FN3O2/c1-4-31(5-2)28(33)34-26-13-12-25-23(27(26)22-9-6-20(17-30)7-10-22)14-15-32(25)18-21-8-11-24(29)19(3)16-21/h6-16H,4-5,18H2,1-3H3. The van der Waals surface area contributed by atoms with Gasteiger partial charge in [-0.05, 0) is 73.9 Å². The van der Waals surface area contributed by atoms with Gasteiger partial charge in [-0.15, -0.1) is 0 Å². The molecule has 0 aliphatic carbocycles. The molecule has 0 N–H and O–H groups in total. The Hall–Kier alpha value is -4.11. The van der Waals surface area contributed by atoms with Crippen molar-refractivity contribution < 1.29 is 13.9 Å². The molecule has 0 aliphatic rings. The van der Waals surface area contributed by atoms with Crippen molar-refractivity contribution in [2.24, 2.45) is 0 Å². The molecule has 1 aromatic heterocycles. The first-order valence-electron chi connectivity index (χ1n) is 11.3. The summed E-state index contributed by atoms with van der Waals surface area (Å²) in [6.45, 7) is 7.26. The molecule has 0 saturated carbocycles. The van der Waals surface area contributed by atoms with Crippen LogP contribution in [0, 0.1) is 24.1 Å². The maximum Gasteiger partial charge on any atom is 0.415 e. The van der Waals surface area contributed by atoms with Gasteiger partial charge in [0.15, 0.2) is 0 Å². The Morgan fingerprint density at radius 2 is 1.79 bits per heavy atom. The predicted molar refractivity (Wildman–Crippen MR) is 131 cm³/mol. The first-order valence-corrected chi connectivity index (χ1v) is 11.3. The number of ether oxygens (including phenoxy) is 1. The van der Waals surface area contributed by atoms with Crippen LogP contribution in [-0.2, 0) is 6.54 Å². The monoisotopic (exact) mass is 455 g/mol. The fourth-order valence-corrected chi connectivity index (χ4v) is 4.13. The van der Waals surface area contributed by atoms with Gasteiger partial charge < -0.3 is 14.2 Å². The quantitative estimate of drug-likeness (QED) is 0.333. The zero-order valence-electron chi connectivity index (χ0n) is 19.5. The highest BCUT2D eigenvalue weighted by Crippen LogP contribution is 2.38. The van der Waals surface area contributed by atoms with E-state index in [0.717, 1.165) is 27.6 Å². The highest BCUT2D eigenvalue weighted by atomic mass is 19.1. The van der Waals surface area contributed by atoms with Crippen LogP contribution in [-0.4, -0.2) is 28.6 Å². The van der Waals surface area contributed by atoms with Crippen LogP contribution in [0.3, 0.4) is 0 Å². The minimum Gasteiger partial charge on any atom is -0.410 e. The van der Waals surface area contributed by atoms with E-state index in [1.807, 2.05) is 56.4 Å². The molecule has 172 valence electrons. The van der Waals surface area contributed by atoms with Gasteiger partial charge >= 0.3 is 6.09 Å². The second-order valence-corrected chi connectivity index (χ2v) is 8.13. The Balaban J connectivity index is 1.81. The van der Waals surface area contributed by atoms with Crippen molar-refractivity contribution in [3.05, 3.63) is 89.4 Å². The zero-order valence-corrected chi connectivity index (χ0v) is 19.5. The second-order valence-electron chi connectivity index (χ2n) is 8.13. The lowest BCUT2D eigenvalue weighted by molar-refractivity contribution is 0.157. The number of fused-ring (bicyclic) bond motifs is 1. The fraction of sp³-hybridized carbons (Fsp3) is 0.214. The van der Waals surface area contributed by atoms with Gasteiger partial charge in [0, 0.05) is 42.3 Å². The number of nitrogens with zero attached hydrogens (tertiary/aromatic N) is 3. The lowest BCUT2D eigenvalue weighted by Crippen LogP contribution is -2.33. The molecule has 0 spiro atoms. The van der Waals surface area contributed by atoms with Crippen molar-refractivity contribution in [2.45, 2.75) is 27.3 Å². The van der Waals surface area contributed by atoms with Gasteiger partial charge in [0.1, 0.15) is 11.6 Å². The molecule has 0 radical (unpaired) electrons. The SMILES string of the molecule is CCN(CC)C(=O)Oc1ccc2c(ccn2Cc2ccc(F)c(C)c2)c1-c1ccc(C#N)cc1. The number of carbonyl (C=O) groups excluding carboxylic acids is 1. The third-order valence-corrected chi connectivity index (χ3v) is 6.01. The summed E-state index contributed by atoms with van der Waals surface area (Å²) in [5, 5.41) is 10.1. The molecule has 34 heavy (non-hydrogen) atoms. The number of benzene rings is 3. The Morgan fingerprint density at radius 3 is 2.44 bits per heavy atom. The Kier molecular flexibility index (Phi) is 6.65. The van der Waals surface area contributed by atoms with Crippen LogP contribution in [0.15, 0.2) is 66.9 Å². The van der Waals surface area contributed by atoms with Crippen molar-refractivity contribution in [3.63, 3.8) is 0 Å². The maximum atomic E-state index is 13.7. The number of hydrogen-bond acceptors (Lipinski definition) is 3. The van der Waals surface area contributed by atoms with E-state index in [2.05, 4.69) is 10.6 Å². The van der Waals surface area contributed by atoms with Gasteiger partial charge in [0.05, 0.1) is 11.6 Å². The Labute approximate surface area is 198 Å². The number of carbonyl (C=O) groups is 1. The van der Waals surface area contributed by atoms with E-state index < -0.39 is 6.09 Å². The van der Waals surface area contributed by atoms with Gasteiger partial charge in [0.2, 0.25) is 0 Å². The summed E-state index contributed by atoms with van der Waals surface area (Å²) in [6.07, 6.45) is 1.58. The largest absolute Gasteiger partial charge is 0.415 e. The number of rotatable bonds is 6. The van der Waals surface area contributed by atoms with E-state index in [4.69, 9.17) is 4.74 Å². The summed E-state index contributed by atoms with van der Waals surface area (Å²) < 4.78 is 21.6. The molecule has 5 nitrogen and oxygen atoms in total. The summed E-state index contributed by atoms with van der Waals surface area (Å²) in [5.41, 5.74) is 4.76. The van der Waals surface area contributed by atoms with Crippen LogP contribution in [0.25, 0.3) is 22.0 Å². The van der Waals surface area contributed by atoms with Crippen LogP contribution >= 0.6 is 0 Å². The molecular weight excluding hydrogens is 429 g/mol. The smallest absolute Gasteiger partial charge is 0.410 e. The zero-order chi connectivity index (χ0) is 24.2. The van der Waals surface area contributed by atoms with Crippen molar-refractivity contribution in [2.75, 3.05) is 13.1 Å². The molecule has 3 aromatic carbocycles. The van der Waals surface area contributed by atoms with Crippen LogP contribution in [0.2, 0.25) is 0 Å². The van der Waals surface area contributed by atoms with Gasteiger partial charge in [-0.1, -0.05) is 24.3 Å². The summed E-state index contributed by atoms with van der Waals surface area (Å²) in [6, 6.07) is 20.2. The van der Waals surface area contributed by atoms with E-state index in [1.165, 1.54) is 6.07 Å². The van der Waals surface area contributed by atoms with E-state index in [1.54, 1.807) is 30.0 Å². The molecule has 0 aliphatic heterocycles. The maximum absolute atomic E-state index is 13.7. The number of hydrogen-bond donors (Lipinski definition) is 0. The molecule has 0 bridgehead atoms. The van der Waals surface area contributed by atoms with E-state index >= 15 is 0 Å². The number of halogens is 1. The van der Waals surface area contributed by atoms with Crippen molar-refractivity contribution in [1.29, 1.82) is 5.26 Å². The molecule has 4 rings (SSSR count). The van der Waals surface area contributed by atoms with E-state index in [9.17, 15) is 14.4 Å². The first kappa shape index (κ1) is 23.1. The molecule has 1 heterocycles. The van der Waals surface area contributed by atoms with Crippen LogP contribution in [0.1, 0.15) is 30.5 Å². The lowest BCUT2D eigenvalue weighted by Gasteiger charge is -2.20. The average molecular weight is 456 g/mol. The van der Waals surface area contributed by atoms with Crippen molar-refractivity contribution >= 4 is 17.0 Å². The van der Waals surface area contributed by atoms with Gasteiger partial charge in [-0.25, -0.2) is 9.18 Å². The summed E-state index contributed by atoms with van der Waals surface area (Å²) >= 11 is 0. The topological polar surface area (TPSA) is 58.3 Å². The van der Waals surface area contributed by atoms with Crippen LogP contribution in [0.5, 0.6) is 5.75 Å². The summed E-state index contributed by atoms with van der Waals surface area (Å²) in [5.74, 6) is 0.244. The molecule has 0 saturated heterocycles. The molecule has 0 atom stereocenters.